The van der Waals surface area contributed by atoms with Crippen LogP contribution in [0.1, 0.15) is 31.9 Å². The molecule has 2 aromatic carbocycles. The standard InChI is InChI=1S/C16H13N3.C2H6/c1-2-13-4-3-5-14-11-18-19(16(13)14)15-8-6-12(10-17)7-9-15;1-2/h3-9,11H,2H2,1H3;1-2H3. The van der Waals surface area contributed by atoms with E-state index in [4.69, 9.17) is 5.26 Å². The van der Waals surface area contributed by atoms with Gasteiger partial charge in [0.1, 0.15) is 0 Å². The van der Waals surface area contributed by atoms with Crippen LogP contribution in [0.5, 0.6) is 0 Å². The van der Waals surface area contributed by atoms with Crippen LogP contribution in [-0.4, -0.2) is 9.78 Å². The van der Waals surface area contributed by atoms with Gasteiger partial charge in [-0.2, -0.15) is 10.4 Å². The molecule has 0 N–H and O–H groups in total. The molecule has 3 aromatic rings. The average Bonchev–Trinajstić information content (AvgIpc) is 3.01. The number of hydrogen-bond donors (Lipinski definition) is 0. The Morgan fingerprint density at radius 2 is 1.81 bits per heavy atom. The molecule has 3 rings (SSSR count). The van der Waals surface area contributed by atoms with Gasteiger partial charge < -0.3 is 0 Å². The smallest absolute Gasteiger partial charge is 0.0991 e. The minimum Gasteiger partial charge on any atom is -0.233 e. The van der Waals surface area contributed by atoms with Gasteiger partial charge in [-0.3, -0.25) is 0 Å². The number of fused-ring (bicyclic) bond motifs is 1. The first-order valence-electron chi connectivity index (χ1n) is 7.29. The van der Waals surface area contributed by atoms with Gasteiger partial charge in [0.2, 0.25) is 0 Å². The molecule has 1 heterocycles. The number of para-hydroxylation sites is 1. The van der Waals surface area contributed by atoms with E-state index in [0.29, 0.717) is 5.56 Å². The van der Waals surface area contributed by atoms with Crippen molar-refractivity contribution in [1.29, 1.82) is 5.26 Å². The zero-order valence-electron chi connectivity index (χ0n) is 12.7. The third kappa shape index (κ3) is 2.80. The Morgan fingerprint density at radius 1 is 1.10 bits per heavy atom. The Bertz CT molecular complexity index is 761. The summed E-state index contributed by atoms with van der Waals surface area (Å²) in [4.78, 5) is 0. The van der Waals surface area contributed by atoms with E-state index in [1.807, 2.05) is 49.0 Å². The first-order valence-corrected chi connectivity index (χ1v) is 7.29. The van der Waals surface area contributed by atoms with Crippen LogP contribution in [0.2, 0.25) is 0 Å². The van der Waals surface area contributed by atoms with Crippen molar-refractivity contribution in [3.8, 4) is 11.8 Å². The molecule has 0 saturated heterocycles. The van der Waals surface area contributed by atoms with Crippen molar-refractivity contribution in [3.05, 3.63) is 59.8 Å². The van der Waals surface area contributed by atoms with Gasteiger partial charge in [-0.15, -0.1) is 0 Å². The van der Waals surface area contributed by atoms with Crippen molar-refractivity contribution in [2.75, 3.05) is 0 Å². The highest BCUT2D eigenvalue weighted by Gasteiger charge is 2.08. The van der Waals surface area contributed by atoms with E-state index in [9.17, 15) is 0 Å². The number of nitrogens with zero attached hydrogens (tertiary/aromatic N) is 3. The van der Waals surface area contributed by atoms with Crippen LogP contribution >= 0.6 is 0 Å². The van der Waals surface area contributed by atoms with Crippen LogP contribution in [-0.2, 0) is 6.42 Å². The number of aromatic nitrogens is 2. The molecule has 0 spiro atoms. The summed E-state index contributed by atoms with van der Waals surface area (Å²) in [6.45, 7) is 6.14. The van der Waals surface area contributed by atoms with Gasteiger partial charge in [-0.25, -0.2) is 4.68 Å². The topological polar surface area (TPSA) is 41.6 Å². The van der Waals surface area contributed by atoms with Crippen LogP contribution < -0.4 is 0 Å². The molecule has 0 aliphatic rings. The summed E-state index contributed by atoms with van der Waals surface area (Å²) < 4.78 is 1.94. The van der Waals surface area contributed by atoms with Crippen LogP contribution in [0.3, 0.4) is 0 Å². The predicted molar refractivity (Wildman–Crippen MR) is 86.5 cm³/mol. The van der Waals surface area contributed by atoms with Gasteiger partial charge in [0.05, 0.1) is 29.0 Å². The minimum atomic E-state index is 0.663. The zero-order valence-corrected chi connectivity index (χ0v) is 12.7. The van der Waals surface area contributed by atoms with E-state index in [-0.39, 0.29) is 0 Å². The molecule has 0 amide bonds. The van der Waals surface area contributed by atoms with E-state index in [1.54, 1.807) is 0 Å². The fraction of sp³-hybridized carbons (Fsp3) is 0.222. The van der Waals surface area contributed by atoms with Gasteiger partial charge in [-0.1, -0.05) is 39.0 Å². The van der Waals surface area contributed by atoms with E-state index in [0.717, 1.165) is 23.0 Å². The second kappa shape index (κ2) is 6.71. The van der Waals surface area contributed by atoms with Gasteiger partial charge in [0, 0.05) is 5.39 Å². The van der Waals surface area contributed by atoms with E-state index in [2.05, 4.69) is 36.3 Å². The fourth-order valence-corrected chi connectivity index (χ4v) is 2.31. The summed E-state index contributed by atoms with van der Waals surface area (Å²) in [6.07, 6.45) is 2.85. The molecule has 0 radical (unpaired) electrons. The molecule has 0 bridgehead atoms. The largest absolute Gasteiger partial charge is 0.233 e. The predicted octanol–water partition coefficient (Wildman–Crippen LogP) is 4.49. The van der Waals surface area contributed by atoms with Crippen molar-refractivity contribution < 1.29 is 0 Å². The maximum absolute atomic E-state index is 8.84. The van der Waals surface area contributed by atoms with Gasteiger partial charge in [0.25, 0.3) is 0 Å². The monoisotopic (exact) mass is 277 g/mol. The lowest BCUT2D eigenvalue weighted by Gasteiger charge is -2.07. The molecule has 106 valence electrons. The third-order valence-corrected chi connectivity index (χ3v) is 3.30. The molecular formula is C18H19N3. The Labute approximate surface area is 125 Å². The lowest BCUT2D eigenvalue weighted by atomic mass is 10.1. The van der Waals surface area contributed by atoms with Crippen LogP contribution in [0.15, 0.2) is 48.7 Å². The Kier molecular flexibility index (Phi) is 4.73. The fourth-order valence-electron chi connectivity index (χ4n) is 2.31. The molecule has 0 aliphatic carbocycles. The maximum Gasteiger partial charge on any atom is 0.0991 e. The summed E-state index contributed by atoms with van der Waals surface area (Å²) >= 11 is 0. The average molecular weight is 277 g/mol. The minimum absolute atomic E-state index is 0.663. The van der Waals surface area contributed by atoms with Crippen molar-refractivity contribution in [2.45, 2.75) is 27.2 Å². The number of benzene rings is 2. The molecule has 0 unspecified atom stereocenters. The highest BCUT2D eigenvalue weighted by atomic mass is 15.3. The Hall–Kier alpha value is -2.60. The van der Waals surface area contributed by atoms with Crippen molar-refractivity contribution in [1.82, 2.24) is 9.78 Å². The molecule has 1 aromatic heterocycles. The molecule has 0 atom stereocenters. The van der Waals surface area contributed by atoms with E-state index >= 15 is 0 Å². The lowest BCUT2D eigenvalue weighted by Crippen LogP contribution is -1.98. The van der Waals surface area contributed by atoms with Gasteiger partial charge >= 0.3 is 0 Å². The van der Waals surface area contributed by atoms with Gasteiger partial charge in [-0.05, 0) is 36.2 Å². The molecule has 3 nitrogen and oxygen atoms in total. The molecule has 0 fully saturated rings. The summed E-state index contributed by atoms with van der Waals surface area (Å²) in [5.41, 5.74) is 4.07. The third-order valence-electron chi connectivity index (χ3n) is 3.30. The first kappa shape index (κ1) is 14.8. The Balaban J connectivity index is 0.000000774. The highest BCUT2D eigenvalue weighted by Crippen LogP contribution is 2.22. The molecule has 3 heteroatoms. The zero-order chi connectivity index (χ0) is 15.2. The lowest BCUT2D eigenvalue weighted by molar-refractivity contribution is 0.902. The molecule has 0 aliphatic heterocycles. The number of aryl methyl sites for hydroxylation is 1. The summed E-state index contributed by atoms with van der Waals surface area (Å²) in [7, 11) is 0. The van der Waals surface area contributed by atoms with Crippen molar-refractivity contribution in [3.63, 3.8) is 0 Å². The number of hydrogen-bond acceptors (Lipinski definition) is 2. The quantitative estimate of drug-likeness (QED) is 0.692. The Morgan fingerprint density at radius 3 is 2.43 bits per heavy atom. The second-order valence-electron chi connectivity index (χ2n) is 4.42. The first-order chi connectivity index (χ1) is 10.3. The second-order valence-corrected chi connectivity index (χ2v) is 4.42. The van der Waals surface area contributed by atoms with Crippen LogP contribution in [0.4, 0.5) is 0 Å². The molecule has 0 saturated carbocycles. The molecule has 21 heavy (non-hydrogen) atoms. The highest BCUT2D eigenvalue weighted by molar-refractivity contribution is 5.83. The molecular weight excluding hydrogens is 258 g/mol. The van der Waals surface area contributed by atoms with E-state index in [1.165, 1.54) is 5.56 Å². The van der Waals surface area contributed by atoms with Gasteiger partial charge in [0.15, 0.2) is 0 Å². The normalized spacial score (nSPS) is 9.81. The summed E-state index contributed by atoms with van der Waals surface area (Å²) in [5.74, 6) is 0. The summed E-state index contributed by atoms with van der Waals surface area (Å²) in [5, 5.41) is 14.4. The van der Waals surface area contributed by atoms with Crippen molar-refractivity contribution >= 4 is 10.9 Å². The van der Waals surface area contributed by atoms with E-state index < -0.39 is 0 Å². The number of nitriles is 1. The number of rotatable bonds is 2. The summed E-state index contributed by atoms with van der Waals surface area (Å²) in [6, 6.07) is 15.9. The maximum atomic E-state index is 8.84. The van der Waals surface area contributed by atoms with Crippen LogP contribution in [0.25, 0.3) is 16.6 Å². The van der Waals surface area contributed by atoms with Crippen LogP contribution in [0, 0.1) is 11.3 Å². The van der Waals surface area contributed by atoms with Crippen molar-refractivity contribution in [2.24, 2.45) is 0 Å². The SMILES string of the molecule is CC.CCc1cccc2cnn(-c3ccc(C#N)cc3)c12.